The molecule has 1 saturated heterocycles. The Morgan fingerprint density at radius 3 is 1.95 bits per heavy atom. The Kier molecular flexibility index (Phi) is 13.4. The van der Waals surface area contributed by atoms with E-state index in [1.54, 1.807) is 29.2 Å². The molecule has 0 aromatic heterocycles. The molecule has 0 atom stereocenters. The summed E-state index contributed by atoms with van der Waals surface area (Å²) in [4.78, 5) is 26.3. The van der Waals surface area contributed by atoms with E-state index in [-0.39, 0.29) is 12.2 Å². The van der Waals surface area contributed by atoms with Gasteiger partial charge in [0.25, 0.3) is 0 Å². The maximum Gasteiger partial charge on any atom is 0.415 e. The Morgan fingerprint density at radius 2 is 1.32 bits per heavy atom. The molecule has 2 amide bonds. The third kappa shape index (κ3) is 11.4. The van der Waals surface area contributed by atoms with Crippen LogP contribution in [0, 0.1) is 0 Å². The van der Waals surface area contributed by atoms with E-state index < -0.39 is 6.09 Å². The van der Waals surface area contributed by atoms with Gasteiger partial charge in [-0.25, -0.2) is 9.59 Å². The van der Waals surface area contributed by atoms with Crippen LogP contribution in [0.4, 0.5) is 9.59 Å². The number of amides is 2. The maximum atomic E-state index is 12.6. The quantitative estimate of drug-likeness (QED) is 0.238. The molecule has 0 unspecified atom stereocenters. The van der Waals surface area contributed by atoms with Gasteiger partial charge < -0.3 is 24.4 Å². The Morgan fingerprint density at radius 1 is 0.763 bits per heavy atom. The topological polar surface area (TPSA) is 77.1 Å². The van der Waals surface area contributed by atoms with Crippen molar-refractivity contribution in [3.63, 3.8) is 0 Å². The second-order valence-electron chi connectivity index (χ2n) is 9.95. The van der Waals surface area contributed by atoms with Gasteiger partial charge in [-0.3, -0.25) is 0 Å². The Bertz CT molecular complexity index is 927. The summed E-state index contributed by atoms with van der Waals surface area (Å²) in [5.41, 5.74) is 0. The standard InChI is InChI=1S/C31H44N2O5/c1-2-3-4-5-6-7-8-9-10-14-23-32-30(34)37-29-21-24-33(25-22-29)31(35)38-28-19-17-27(18-20-28)36-26-15-12-11-13-16-26/h11-13,15-20,29H,2-10,14,21-25H2,1H3,(H,32,34). The molecule has 0 aliphatic carbocycles. The van der Waals surface area contributed by atoms with E-state index in [2.05, 4.69) is 12.2 Å². The number of para-hydroxylation sites is 1. The molecule has 2 aromatic rings. The van der Waals surface area contributed by atoms with Gasteiger partial charge in [0.2, 0.25) is 0 Å². The summed E-state index contributed by atoms with van der Waals surface area (Å²) < 4.78 is 16.8. The van der Waals surface area contributed by atoms with E-state index in [0.29, 0.717) is 44.0 Å². The van der Waals surface area contributed by atoms with Crippen LogP contribution >= 0.6 is 0 Å². The minimum absolute atomic E-state index is 0.179. The number of hydrogen-bond donors (Lipinski definition) is 1. The zero-order valence-corrected chi connectivity index (χ0v) is 22.9. The fourth-order valence-corrected chi connectivity index (χ4v) is 4.52. The summed E-state index contributed by atoms with van der Waals surface area (Å²) in [5, 5.41) is 2.86. The largest absolute Gasteiger partial charge is 0.457 e. The summed E-state index contributed by atoms with van der Waals surface area (Å²) in [7, 11) is 0. The van der Waals surface area contributed by atoms with Gasteiger partial charge in [-0.2, -0.15) is 0 Å². The lowest BCUT2D eigenvalue weighted by atomic mass is 10.1. The minimum Gasteiger partial charge on any atom is -0.457 e. The summed E-state index contributed by atoms with van der Waals surface area (Å²) in [5.74, 6) is 1.87. The second kappa shape index (κ2) is 17.3. The first-order valence-electron chi connectivity index (χ1n) is 14.4. The first-order valence-corrected chi connectivity index (χ1v) is 14.4. The van der Waals surface area contributed by atoms with Gasteiger partial charge in [-0.05, 0) is 42.8 Å². The Labute approximate surface area is 227 Å². The van der Waals surface area contributed by atoms with E-state index in [4.69, 9.17) is 14.2 Å². The van der Waals surface area contributed by atoms with Gasteiger partial charge in [-0.1, -0.05) is 82.9 Å². The average Bonchev–Trinajstić information content (AvgIpc) is 2.94. The SMILES string of the molecule is CCCCCCCCCCCCNC(=O)OC1CCN(C(=O)Oc2ccc(Oc3ccccc3)cc2)CC1. The van der Waals surface area contributed by atoms with Crippen LogP contribution in [-0.4, -0.2) is 42.8 Å². The number of unbranched alkanes of at least 4 members (excludes halogenated alkanes) is 9. The molecule has 1 fully saturated rings. The molecule has 0 bridgehead atoms. The molecule has 1 aliphatic rings. The van der Waals surface area contributed by atoms with Crippen LogP contribution in [0.1, 0.15) is 84.0 Å². The van der Waals surface area contributed by atoms with Crippen molar-refractivity contribution in [1.29, 1.82) is 0 Å². The number of alkyl carbamates (subject to hydrolysis) is 1. The maximum absolute atomic E-state index is 12.6. The van der Waals surface area contributed by atoms with Gasteiger partial charge in [0.1, 0.15) is 23.4 Å². The van der Waals surface area contributed by atoms with Gasteiger partial charge in [-0.15, -0.1) is 0 Å². The van der Waals surface area contributed by atoms with Crippen molar-refractivity contribution < 1.29 is 23.8 Å². The number of benzene rings is 2. The number of piperidine rings is 1. The number of carbonyl (C=O) groups is 2. The van der Waals surface area contributed by atoms with Crippen LogP contribution < -0.4 is 14.8 Å². The van der Waals surface area contributed by atoms with Gasteiger partial charge >= 0.3 is 12.2 Å². The third-order valence-electron chi connectivity index (χ3n) is 6.78. The van der Waals surface area contributed by atoms with E-state index in [1.807, 2.05) is 30.3 Å². The van der Waals surface area contributed by atoms with Crippen LogP contribution in [-0.2, 0) is 4.74 Å². The lowest BCUT2D eigenvalue weighted by molar-refractivity contribution is 0.0525. The van der Waals surface area contributed by atoms with Crippen LogP contribution in [0.25, 0.3) is 0 Å². The lowest BCUT2D eigenvalue weighted by Gasteiger charge is -2.30. The molecule has 7 nitrogen and oxygen atoms in total. The van der Waals surface area contributed by atoms with Crippen molar-refractivity contribution in [1.82, 2.24) is 10.2 Å². The molecule has 1 heterocycles. The zero-order chi connectivity index (χ0) is 26.8. The predicted molar refractivity (Wildman–Crippen MR) is 150 cm³/mol. The van der Waals surface area contributed by atoms with Crippen molar-refractivity contribution in [2.45, 2.75) is 90.1 Å². The van der Waals surface area contributed by atoms with E-state index >= 15 is 0 Å². The highest BCUT2D eigenvalue weighted by Crippen LogP contribution is 2.24. The number of rotatable bonds is 15. The molecule has 0 radical (unpaired) electrons. The highest BCUT2D eigenvalue weighted by molar-refractivity contribution is 5.71. The van der Waals surface area contributed by atoms with Gasteiger partial charge in [0, 0.05) is 32.5 Å². The predicted octanol–water partition coefficient (Wildman–Crippen LogP) is 8.09. The van der Waals surface area contributed by atoms with Crippen LogP contribution in [0.3, 0.4) is 0 Å². The molecule has 3 rings (SSSR count). The molecule has 0 saturated carbocycles. The third-order valence-corrected chi connectivity index (χ3v) is 6.78. The number of ether oxygens (including phenoxy) is 3. The molecule has 1 N–H and O–H groups in total. The van der Waals surface area contributed by atoms with Gasteiger partial charge in [0.15, 0.2) is 0 Å². The van der Waals surface area contributed by atoms with Crippen molar-refractivity contribution in [2.24, 2.45) is 0 Å². The van der Waals surface area contributed by atoms with E-state index in [9.17, 15) is 9.59 Å². The zero-order valence-electron chi connectivity index (χ0n) is 22.9. The first kappa shape index (κ1) is 29.3. The monoisotopic (exact) mass is 524 g/mol. The number of nitrogens with zero attached hydrogens (tertiary/aromatic N) is 1. The van der Waals surface area contributed by atoms with Gasteiger partial charge in [0.05, 0.1) is 0 Å². The van der Waals surface area contributed by atoms with E-state index in [1.165, 1.54) is 51.4 Å². The molecule has 208 valence electrons. The molecule has 0 spiro atoms. The summed E-state index contributed by atoms with van der Waals surface area (Å²) >= 11 is 0. The lowest BCUT2D eigenvalue weighted by Crippen LogP contribution is -2.43. The summed E-state index contributed by atoms with van der Waals surface area (Å²) in [6.07, 6.45) is 12.9. The van der Waals surface area contributed by atoms with Crippen LogP contribution in [0.15, 0.2) is 54.6 Å². The first-order chi connectivity index (χ1) is 18.6. The van der Waals surface area contributed by atoms with E-state index in [0.717, 1.165) is 18.6 Å². The number of likely N-dealkylation sites (tertiary alicyclic amines) is 1. The second-order valence-corrected chi connectivity index (χ2v) is 9.95. The van der Waals surface area contributed by atoms with Crippen molar-refractivity contribution in [2.75, 3.05) is 19.6 Å². The molecular formula is C31H44N2O5. The normalized spacial score (nSPS) is 13.7. The van der Waals surface area contributed by atoms with Crippen molar-refractivity contribution >= 4 is 12.2 Å². The molecular weight excluding hydrogens is 480 g/mol. The summed E-state index contributed by atoms with van der Waals surface area (Å²) in [6, 6.07) is 16.5. The summed E-state index contributed by atoms with van der Waals surface area (Å²) in [6.45, 7) is 3.88. The Balaban J connectivity index is 1.22. The molecule has 2 aromatic carbocycles. The van der Waals surface area contributed by atoms with Crippen molar-refractivity contribution in [3.8, 4) is 17.2 Å². The van der Waals surface area contributed by atoms with Crippen LogP contribution in [0.5, 0.6) is 17.2 Å². The number of hydrogen-bond acceptors (Lipinski definition) is 5. The smallest absolute Gasteiger partial charge is 0.415 e. The highest BCUT2D eigenvalue weighted by Gasteiger charge is 2.26. The fraction of sp³-hybridized carbons (Fsp3) is 0.548. The average molecular weight is 525 g/mol. The highest BCUT2D eigenvalue weighted by atomic mass is 16.6. The van der Waals surface area contributed by atoms with Crippen LogP contribution in [0.2, 0.25) is 0 Å². The fourth-order valence-electron chi connectivity index (χ4n) is 4.52. The molecule has 1 aliphatic heterocycles. The number of nitrogens with one attached hydrogen (secondary N) is 1. The number of carbonyl (C=O) groups excluding carboxylic acids is 2. The molecule has 7 heteroatoms. The molecule has 38 heavy (non-hydrogen) atoms. The van der Waals surface area contributed by atoms with Crippen molar-refractivity contribution in [3.05, 3.63) is 54.6 Å². The minimum atomic E-state index is -0.398. The Hall–Kier alpha value is -3.22.